The first-order chi connectivity index (χ1) is 17.8. The average Bonchev–Trinajstić information content (AvgIpc) is 3.03. The van der Waals surface area contributed by atoms with Gasteiger partial charge in [-0.15, -0.1) is 0 Å². The van der Waals surface area contributed by atoms with Crippen molar-refractivity contribution in [2.75, 3.05) is 17.2 Å². The van der Waals surface area contributed by atoms with Crippen molar-refractivity contribution in [3.8, 4) is 0 Å². The first-order valence-corrected chi connectivity index (χ1v) is 13.0. The molecule has 0 saturated heterocycles. The van der Waals surface area contributed by atoms with Gasteiger partial charge in [0.15, 0.2) is 0 Å². The molecule has 1 amide bonds. The summed E-state index contributed by atoms with van der Waals surface area (Å²) in [6.07, 6.45) is 0. The van der Waals surface area contributed by atoms with Crippen LogP contribution in [0.4, 0.5) is 11.4 Å². The van der Waals surface area contributed by atoms with Gasteiger partial charge in [-0.3, -0.25) is 4.79 Å². The largest absolute Gasteiger partial charge is 0.462 e. The van der Waals surface area contributed by atoms with Crippen LogP contribution in [0.15, 0.2) is 107 Å². The number of rotatable bonds is 8. The van der Waals surface area contributed by atoms with Gasteiger partial charge in [0.25, 0.3) is 5.91 Å². The molecule has 3 aromatic rings. The summed E-state index contributed by atoms with van der Waals surface area (Å²) in [5, 5.41) is 8.80. The normalized spacial score (nSPS) is 13.1. The number of anilines is 2. The van der Waals surface area contributed by atoms with Crippen LogP contribution < -0.4 is 20.7 Å². The van der Waals surface area contributed by atoms with Crippen LogP contribution >= 0.6 is 0 Å². The summed E-state index contributed by atoms with van der Waals surface area (Å²) >= 11 is 0. The number of sulfonamides is 1. The molecular weight excluding hydrogens is 492 g/mol. The topological polar surface area (TPSA) is 126 Å². The second kappa shape index (κ2) is 11.1. The molecule has 0 bridgehead atoms. The van der Waals surface area contributed by atoms with Crippen molar-refractivity contribution in [2.45, 2.75) is 18.4 Å². The summed E-state index contributed by atoms with van der Waals surface area (Å²) in [5.74, 6) is -1.25. The van der Waals surface area contributed by atoms with E-state index in [9.17, 15) is 18.0 Å². The highest BCUT2D eigenvalue weighted by atomic mass is 32.2. The fourth-order valence-corrected chi connectivity index (χ4v) is 4.71. The molecule has 1 aliphatic rings. The number of esters is 1. The minimum absolute atomic E-state index is 0.0136. The molecule has 0 spiro atoms. The highest BCUT2D eigenvalue weighted by molar-refractivity contribution is 7.89. The molecule has 0 atom stereocenters. The maximum absolute atomic E-state index is 13.2. The number of ether oxygens (including phenoxy) is 1. The quantitative estimate of drug-likeness (QED) is 0.335. The molecule has 4 rings (SSSR count). The molecule has 37 heavy (non-hydrogen) atoms. The van der Waals surface area contributed by atoms with E-state index in [1.165, 1.54) is 24.3 Å². The van der Waals surface area contributed by atoms with E-state index >= 15 is 0 Å². The SMILES string of the molecule is C=C1Nc2ccccc2NC(NC(=O)c2cccc(S(=O)(=O)NCc3ccccc3)c2)=C1C(=O)OCC. The van der Waals surface area contributed by atoms with Crippen LogP contribution in [0, 0.1) is 0 Å². The summed E-state index contributed by atoms with van der Waals surface area (Å²) in [5.41, 5.74) is 2.37. The highest BCUT2D eigenvalue weighted by Gasteiger charge is 2.26. The van der Waals surface area contributed by atoms with Gasteiger partial charge in [0.1, 0.15) is 11.4 Å². The van der Waals surface area contributed by atoms with Crippen molar-refractivity contribution < 1.29 is 22.7 Å². The summed E-state index contributed by atoms with van der Waals surface area (Å²) in [4.78, 5) is 25.9. The van der Waals surface area contributed by atoms with Crippen molar-refractivity contribution in [2.24, 2.45) is 0 Å². The smallest absolute Gasteiger partial charge is 0.343 e. The molecule has 3 aromatic carbocycles. The predicted molar refractivity (Wildman–Crippen MR) is 141 cm³/mol. The van der Waals surface area contributed by atoms with Gasteiger partial charge in [-0.25, -0.2) is 17.9 Å². The Balaban J connectivity index is 1.61. The zero-order chi connectivity index (χ0) is 26.4. The molecule has 1 heterocycles. The lowest BCUT2D eigenvalue weighted by Crippen LogP contribution is -2.31. The van der Waals surface area contributed by atoms with E-state index in [2.05, 4.69) is 27.3 Å². The lowest BCUT2D eigenvalue weighted by atomic mass is 10.1. The molecule has 0 aliphatic carbocycles. The maximum atomic E-state index is 13.2. The summed E-state index contributed by atoms with van der Waals surface area (Å²) < 4.78 is 33.4. The Kier molecular flexibility index (Phi) is 7.71. The minimum Gasteiger partial charge on any atom is -0.462 e. The molecule has 1 aliphatic heterocycles. The zero-order valence-electron chi connectivity index (χ0n) is 20.1. The fourth-order valence-electron chi connectivity index (χ4n) is 3.64. The lowest BCUT2D eigenvalue weighted by molar-refractivity contribution is -0.138. The lowest BCUT2D eigenvalue weighted by Gasteiger charge is -2.16. The van der Waals surface area contributed by atoms with E-state index in [1.54, 1.807) is 25.1 Å². The van der Waals surface area contributed by atoms with E-state index in [-0.39, 0.29) is 40.7 Å². The van der Waals surface area contributed by atoms with Gasteiger partial charge < -0.3 is 20.7 Å². The molecule has 0 fully saturated rings. The number of para-hydroxylation sites is 2. The Bertz CT molecular complexity index is 1480. The third-order valence-electron chi connectivity index (χ3n) is 5.46. The van der Waals surface area contributed by atoms with Crippen molar-refractivity contribution in [3.05, 3.63) is 114 Å². The third kappa shape index (κ3) is 6.05. The van der Waals surface area contributed by atoms with Crippen LogP contribution in [0.2, 0.25) is 0 Å². The van der Waals surface area contributed by atoms with E-state index in [0.717, 1.165) is 5.56 Å². The molecule has 9 nitrogen and oxygen atoms in total. The van der Waals surface area contributed by atoms with E-state index < -0.39 is 21.9 Å². The van der Waals surface area contributed by atoms with Crippen LogP contribution in [-0.2, 0) is 26.1 Å². The Morgan fingerprint density at radius 2 is 1.59 bits per heavy atom. The number of carbonyl (C=O) groups excluding carboxylic acids is 2. The molecule has 4 N–H and O–H groups in total. The Morgan fingerprint density at radius 1 is 0.919 bits per heavy atom. The molecular formula is C27H26N4O5S. The standard InChI is InChI=1S/C27H26N4O5S/c1-3-36-27(33)24-18(2)29-22-14-7-8-15-23(22)30-25(24)31-26(32)20-12-9-13-21(16-20)37(34,35)28-17-19-10-5-4-6-11-19/h4-16,28-30H,2-3,17H2,1H3,(H,31,32). The Morgan fingerprint density at radius 3 is 2.30 bits per heavy atom. The van der Waals surface area contributed by atoms with E-state index in [4.69, 9.17) is 4.74 Å². The zero-order valence-corrected chi connectivity index (χ0v) is 20.9. The van der Waals surface area contributed by atoms with E-state index in [1.807, 2.05) is 36.4 Å². The van der Waals surface area contributed by atoms with Gasteiger partial charge in [0, 0.05) is 17.8 Å². The van der Waals surface area contributed by atoms with Gasteiger partial charge in [-0.05, 0) is 42.8 Å². The molecule has 0 aromatic heterocycles. The van der Waals surface area contributed by atoms with Crippen molar-refractivity contribution in [1.29, 1.82) is 0 Å². The number of benzene rings is 3. The average molecular weight is 519 g/mol. The minimum atomic E-state index is -3.89. The van der Waals surface area contributed by atoms with E-state index in [0.29, 0.717) is 11.4 Å². The second-order valence-corrected chi connectivity index (χ2v) is 9.80. The maximum Gasteiger partial charge on any atom is 0.343 e. The molecule has 0 unspecified atom stereocenters. The van der Waals surface area contributed by atoms with Crippen LogP contribution in [0.5, 0.6) is 0 Å². The van der Waals surface area contributed by atoms with Gasteiger partial charge >= 0.3 is 5.97 Å². The summed E-state index contributed by atoms with van der Waals surface area (Å²) in [7, 11) is -3.89. The van der Waals surface area contributed by atoms with Gasteiger partial charge in [-0.2, -0.15) is 0 Å². The Hall–Kier alpha value is -4.41. The number of hydrogen-bond acceptors (Lipinski definition) is 7. The van der Waals surface area contributed by atoms with Crippen molar-refractivity contribution in [3.63, 3.8) is 0 Å². The van der Waals surface area contributed by atoms with Crippen LogP contribution in [0.3, 0.4) is 0 Å². The third-order valence-corrected chi connectivity index (χ3v) is 6.86. The molecule has 190 valence electrons. The Labute approximate surface area is 215 Å². The first-order valence-electron chi connectivity index (χ1n) is 11.5. The number of amides is 1. The fraction of sp³-hybridized carbons (Fsp3) is 0.111. The molecule has 10 heteroatoms. The summed E-state index contributed by atoms with van der Waals surface area (Å²) in [6, 6.07) is 21.9. The highest BCUT2D eigenvalue weighted by Crippen LogP contribution is 2.30. The van der Waals surface area contributed by atoms with Crippen LogP contribution in [0.1, 0.15) is 22.8 Å². The van der Waals surface area contributed by atoms with Crippen LogP contribution in [0.25, 0.3) is 0 Å². The second-order valence-electron chi connectivity index (χ2n) is 8.04. The van der Waals surface area contributed by atoms with Crippen molar-refractivity contribution >= 4 is 33.3 Å². The summed E-state index contributed by atoms with van der Waals surface area (Å²) in [6.45, 7) is 5.83. The van der Waals surface area contributed by atoms with Crippen LogP contribution in [-0.4, -0.2) is 26.9 Å². The number of hydrogen-bond donors (Lipinski definition) is 4. The number of carbonyl (C=O) groups is 2. The molecule has 0 saturated carbocycles. The van der Waals surface area contributed by atoms with Gasteiger partial charge in [0.2, 0.25) is 10.0 Å². The first kappa shape index (κ1) is 25.7. The van der Waals surface area contributed by atoms with Gasteiger partial charge in [-0.1, -0.05) is 55.1 Å². The monoisotopic (exact) mass is 518 g/mol. The van der Waals surface area contributed by atoms with Crippen molar-refractivity contribution in [1.82, 2.24) is 10.0 Å². The number of nitrogens with one attached hydrogen (secondary N) is 4. The molecule has 0 radical (unpaired) electrons. The number of fused-ring (bicyclic) bond motifs is 1. The van der Waals surface area contributed by atoms with Gasteiger partial charge in [0.05, 0.1) is 22.9 Å². The predicted octanol–water partition coefficient (Wildman–Crippen LogP) is 3.72.